The fourth-order valence-corrected chi connectivity index (χ4v) is 0.583. The summed E-state index contributed by atoms with van der Waals surface area (Å²) in [5, 5.41) is 0. The van der Waals surface area contributed by atoms with Gasteiger partial charge < -0.3 is 0 Å². The van der Waals surface area contributed by atoms with Crippen molar-refractivity contribution in [2.24, 2.45) is 4.99 Å². The van der Waals surface area contributed by atoms with Crippen LogP contribution in [0.5, 0.6) is 0 Å². The van der Waals surface area contributed by atoms with Crippen molar-refractivity contribution < 1.29 is 0 Å². The Morgan fingerprint density at radius 3 is 2.50 bits per heavy atom. The quantitative estimate of drug-likeness (QED) is 0.310. The van der Waals surface area contributed by atoms with Gasteiger partial charge in [-0.1, -0.05) is 25.5 Å². The van der Waals surface area contributed by atoms with Gasteiger partial charge in [-0.2, -0.15) is 0 Å². The molecule has 0 bridgehead atoms. The normalized spacial score (nSPS) is 11.6. The molecular formula is C8H12BN. The van der Waals surface area contributed by atoms with E-state index in [2.05, 4.69) is 24.6 Å². The molecule has 0 amide bonds. The molecule has 0 rings (SSSR count). The Bertz CT molecular complexity index is 184. The first-order chi connectivity index (χ1) is 4.70. The lowest BCUT2D eigenvalue weighted by Crippen LogP contribution is -1.94. The average molecular weight is 133 g/mol. The van der Waals surface area contributed by atoms with Gasteiger partial charge in [-0.05, 0) is 6.92 Å². The standard InChI is InChI=1S/C8H12BN/c1-5-8(10-6-2)7-9(3)4/h1,6-7H,2-4H3/b8-7-,10-6-. The highest BCUT2D eigenvalue weighted by atomic mass is 14.7. The molecule has 0 spiro atoms. The summed E-state index contributed by atoms with van der Waals surface area (Å²) in [6.07, 6.45) is 6.88. The van der Waals surface area contributed by atoms with Crippen LogP contribution in [0, 0.1) is 12.3 Å². The highest BCUT2D eigenvalue weighted by molar-refractivity contribution is 6.61. The van der Waals surface area contributed by atoms with Gasteiger partial charge in [0.25, 0.3) is 0 Å². The third-order valence-electron chi connectivity index (χ3n) is 0.907. The van der Waals surface area contributed by atoms with E-state index in [1.807, 2.05) is 12.9 Å². The van der Waals surface area contributed by atoms with Gasteiger partial charge >= 0.3 is 0 Å². The molecule has 0 aromatic rings. The minimum Gasteiger partial charge on any atom is -0.254 e. The van der Waals surface area contributed by atoms with Crippen LogP contribution in [0.4, 0.5) is 0 Å². The van der Waals surface area contributed by atoms with Crippen LogP contribution in [0.2, 0.25) is 13.6 Å². The minimum absolute atomic E-state index is 0.467. The number of aliphatic imine (C=N–C) groups is 1. The van der Waals surface area contributed by atoms with Crippen molar-refractivity contribution in [3.05, 3.63) is 11.7 Å². The molecule has 52 valence electrons. The molecule has 0 atom stereocenters. The first kappa shape index (κ1) is 9.03. The Morgan fingerprint density at radius 2 is 2.20 bits per heavy atom. The number of nitrogens with zero attached hydrogens (tertiary/aromatic N) is 1. The van der Waals surface area contributed by atoms with Crippen molar-refractivity contribution in [1.29, 1.82) is 0 Å². The maximum atomic E-state index is 5.18. The van der Waals surface area contributed by atoms with E-state index >= 15 is 0 Å². The van der Waals surface area contributed by atoms with Crippen LogP contribution in [-0.2, 0) is 0 Å². The maximum absolute atomic E-state index is 5.18. The second-order valence-electron chi connectivity index (χ2n) is 2.33. The molecule has 0 aliphatic carbocycles. The molecular weight excluding hydrogens is 121 g/mol. The summed E-state index contributed by atoms with van der Waals surface area (Å²) >= 11 is 0. The zero-order chi connectivity index (χ0) is 7.98. The zero-order valence-electron chi connectivity index (χ0n) is 6.76. The zero-order valence-corrected chi connectivity index (χ0v) is 6.76. The van der Waals surface area contributed by atoms with Gasteiger partial charge in [0, 0.05) is 6.21 Å². The van der Waals surface area contributed by atoms with Crippen molar-refractivity contribution in [1.82, 2.24) is 0 Å². The lowest BCUT2D eigenvalue weighted by molar-refractivity contribution is 1.47. The van der Waals surface area contributed by atoms with E-state index in [9.17, 15) is 0 Å². The maximum Gasteiger partial charge on any atom is 0.163 e. The summed E-state index contributed by atoms with van der Waals surface area (Å²) in [7, 11) is 0. The van der Waals surface area contributed by atoms with Crippen molar-refractivity contribution in [3.8, 4) is 12.3 Å². The molecule has 0 saturated carbocycles. The topological polar surface area (TPSA) is 12.4 Å². The predicted octanol–water partition coefficient (Wildman–Crippen LogP) is 1.89. The minimum atomic E-state index is 0.467. The van der Waals surface area contributed by atoms with E-state index in [0.29, 0.717) is 6.71 Å². The second kappa shape index (κ2) is 4.87. The van der Waals surface area contributed by atoms with Gasteiger partial charge in [-0.15, -0.1) is 6.42 Å². The summed E-state index contributed by atoms with van der Waals surface area (Å²) in [4.78, 5) is 3.98. The monoisotopic (exact) mass is 133 g/mol. The molecule has 0 radical (unpaired) electrons. The number of hydrogen-bond donors (Lipinski definition) is 0. The number of terminal acetylenes is 1. The Morgan fingerprint density at radius 1 is 1.60 bits per heavy atom. The molecule has 0 saturated heterocycles. The largest absolute Gasteiger partial charge is 0.254 e. The van der Waals surface area contributed by atoms with Gasteiger partial charge in [-0.3, -0.25) is 4.99 Å². The molecule has 0 unspecified atom stereocenters. The molecule has 2 heteroatoms. The Labute approximate surface area is 63.3 Å². The third-order valence-corrected chi connectivity index (χ3v) is 0.907. The van der Waals surface area contributed by atoms with E-state index in [-0.39, 0.29) is 0 Å². The van der Waals surface area contributed by atoms with Crippen LogP contribution in [-0.4, -0.2) is 12.9 Å². The lowest BCUT2D eigenvalue weighted by Gasteiger charge is -1.90. The molecule has 0 aromatic heterocycles. The Balaban J connectivity index is 4.23. The van der Waals surface area contributed by atoms with Gasteiger partial charge in [0.2, 0.25) is 0 Å². The van der Waals surface area contributed by atoms with Crippen LogP contribution in [0.25, 0.3) is 0 Å². The van der Waals surface area contributed by atoms with E-state index in [4.69, 9.17) is 6.42 Å². The van der Waals surface area contributed by atoms with Crippen molar-refractivity contribution in [2.45, 2.75) is 20.6 Å². The van der Waals surface area contributed by atoms with E-state index in [0.717, 1.165) is 5.70 Å². The van der Waals surface area contributed by atoms with Crippen LogP contribution in [0.3, 0.4) is 0 Å². The van der Waals surface area contributed by atoms with Gasteiger partial charge in [0.15, 0.2) is 6.71 Å². The summed E-state index contributed by atoms with van der Waals surface area (Å²) in [6.45, 7) is 6.46. The molecule has 0 heterocycles. The first-order valence-corrected chi connectivity index (χ1v) is 3.37. The Hall–Kier alpha value is -0.965. The number of rotatable bonds is 2. The first-order valence-electron chi connectivity index (χ1n) is 3.37. The average Bonchev–Trinajstić information content (AvgIpc) is 1.86. The van der Waals surface area contributed by atoms with Crippen LogP contribution >= 0.6 is 0 Å². The van der Waals surface area contributed by atoms with E-state index < -0.39 is 0 Å². The van der Waals surface area contributed by atoms with Crippen molar-refractivity contribution in [3.63, 3.8) is 0 Å². The molecule has 0 aliphatic rings. The van der Waals surface area contributed by atoms with E-state index in [1.165, 1.54) is 0 Å². The fraction of sp³-hybridized carbons (Fsp3) is 0.375. The molecule has 0 aliphatic heterocycles. The fourth-order valence-electron chi connectivity index (χ4n) is 0.583. The second-order valence-corrected chi connectivity index (χ2v) is 2.33. The molecule has 0 aromatic carbocycles. The van der Waals surface area contributed by atoms with E-state index in [1.54, 1.807) is 6.21 Å². The highest BCUT2D eigenvalue weighted by Crippen LogP contribution is 1.95. The van der Waals surface area contributed by atoms with Gasteiger partial charge in [-0.25, -0.2) is 0 Å². The summed E-state index contributed by atoms with van der Waals surface area (Å²) < 4.78 is 0. The summed E-state index contributed by atoms with van der Waals surface area (Å²) in [5.41, 5.74) is 0.720. The molecule has 1 nitrogen and oxygen atoms in total. The smallest absolute Gasteiger partial charge is 0.163 e. The van der Waals surface area contributed by atoms with Gasteiger partial charge in [0.1, 0.15) is 0 Å². The molecule has 10 heavy (non-hydrogen) atoms. The lowest BCUT2D eigenvalue weighted by atomic mass is 9.55. The molecule has 0 N–H and O–H groups in total. The summed E-state index contributed by atoms with van der Waals surface area (Å²) in [5.74, 6) is 4.46. The van der Waals surface area contributed by atoms with Crippen LogP contribution in [0.1, 0.15) is 6.92 Å². The van der Waals surface area contributed by atoms with Gasteiger partial charge in [0.05, 0.1) is 5.70 Å². The molecule has 0 fully saturated rings. The number of hydrogen-bond acceptors (Lipinski definition) is 1. The summed E-state index contributed by atoms with van der Waals surface area (Å²) in [6, 6.07) is 0. The van der Waals surface area contributed by atoms with Crippen LogP contribution in [0.15, 0.2) is 16.7 Å². The predicted molar refractivity (Wildman–Crippen MR) is 48.6 cm³/mol. The van der Waals surface area contributed by atoms with Crippen LogP contribution < -0.4 is 0 Å². The SMILES string of the molecule is C#CC(=C/B(C)C)/N=C\C. The Kier molecular flexibility index (Phi) is 4.40. The van der Waals surface area contributed by atoms with Crippen molar-refractivity contribution in [2.75, 3.05) is 0 Å². The highest BCUT2D eigenvalue weighted by Gasteiger charge is 1.93. The number of allylic oxidation sites excluding steroid dienone is 1. The van der Waals surface area contributed by atoms with Crippen molar-refractivity contribution >= 4 is 12.9 Å². The third kappa shape index (κ3) is 3.97.